The molecule has 0 aliphatic rings. The second kappa shape index (κ2) is 6.08. The number of hydrogen-bond donors (Lipinski definition) is 0. The quantitative estimate of drug-likeness (QED) is 0.491. The summed E-state index contributed by atoms with van der Waals surface area (Å²) in [6, 6.07) is 6.82. The van der Waals surface area contributed by atoms with Crippen LogP contribution in [0.4, 0.5) is 10.1 Å². The molecule has 1 aromatic carbocycles. The van der Waals surface area contributed by atoms with Crippen LogP contribution in [-0.4, -0.2) is 15.9 Å². The number of nitro groups is 1. The van der Waals surface area contributed by atoms with Gasteiger partial charge in [0, 0.05) is 18.3 Å². The van der Waals surface area contributed by atoms with E-state index >= 15 is 0 Å². The van der Waals surface area contributed by atoms with Crippen molar-refractivity contribution in [3.8, 4) is 0 Å². The van der Waals surface area contributed by atoms with E-state index in [0.717, 1.165) is 6.20 Å². The van der Waals surface area contributed by atoms with Crippen molar-refractivity contribution in [2.24, 2.45) is 0 Å². The average Bonchev–Trinajstić information content (AvgIpc) is 2.47. The van der Waals surface area contributed by atoms with Gasteiger partial charge in [-0.1, -0.05) is 0 Å². The molecule has 0 fully saturated rings. The number of nitro benzene ring substituents is 1. The van der Waals surface area contributed by atoms with Gasteiger partial charge in [-0.05, 0) is 30.7 Å². The number of aromatic nitrogens is 1. The van der Waals surface area contributed by atoms with E-state index < -0.39 is 22.8 Å². The van der Waals surface area contributed by atoms with E-state index in [1.165, 1.54) is 36.5 Å². The van der Waals surface area contributed by atoms with Crippen LogP contribution in [0.1, 0.15) is 28.9 Å². The van der Waals surface area contributed by atoms with Crippen LogP contribution in [0.5, 0.6) is 0 Å². The number of hydrogen-bond acceptors (Lipinski definition) is 5. The lowest BCUT2D eigenvalue weighted by atomic mass is 10.1. The van der Waals surface area contributed by atoms with Gasteiger partial charge >= 0.3 is 5.97 Å². The van der Waals surface area contributed by atoms with Crippen LogP contribution in [-0.2, 0) is 4.74 Å². The highest BCUT2D eigenvalue weighted by Gasteiger charge is 2.17. The van der Waals surface area contributed by atoms with Crippen molar-refractivity contribution in [1.82, 2.24) is 4.98 Å². The van der Waals surface area contributed by atoms with Gasteiger partial charge in [-0.3, -0.25) is 15.1 Å². The van der Waals surface area contributed by atoms with Gasteiger partial charge in [0.15, 0.2) is 5.82 Å². The lowest BCUT2D eigenvalue weighted by Crippen LogP contribution is -2.11. The first-order valence-electron chi connectivity index (χ1n) is 6.04. The first-order valence-corrected chi connectivity index (χ1v) is 6.04. The second-order valence-corrected chi connectivity index (χ2v) is 4.25. The Balaban J connectivity index is 2.11. The molecule has 0 spiro atoms. The van der Waals surface area contributed by atoms with Gasteiger partial charge in [-0.25, -0.2) is 9.18 Å². The summed E-state index contributed by atoms with van der Waals surface area (Å²) in [5.74, 6) is -1.58. The predicted octanol–water partition coefficient (Wildman–Crippen LogP) is 3.05. The summed E-state index contributed by atoms with van der Waals surface area (Å²) in [4.78, 5) is 25.4. The largest absolute Gasteiger partial charge is 0.454 e. The molecule has 1 unspecified atom stereocenters. The Kier molecular flexibility index (Phi) is 4.22. The number of nitrogens with zero attached hydrogens (tertiary/aromatic N) is 2. The van der Waals surface area contributed by atoms with E-state index in [4.69, 9.17) is 4.74 Å². The molecule has 0 aliphatic heterocycles. The summed E-state index contributed by atoms with van der Waals surface area (Å²) in [6.07, 6.45) is 1.55. The Hall–Kier alpha value is -2.83. The number of benzene rings is 1. The first kappa shape index (κ1) is 14.6. The van der Waals surface area contributed by atoms with Crippen molar-refractivity contribution < 1.29 is 18.8 Å². The highest BCUT2D eigenvalue weighted by atomic mass is 19.1. The lowest BCUT2D eigenvalue weighted by molar-refractivity contribution is -0.384. The SMILES string of the molecule is CC(OC(=O)c1ccncc1F)c1ccc([N+](=O)[O-])cc1. The third kappa shape index (κ3) is 3.38. The Morgan fingerprint density at radius 1 is 1.33 bits per heavy atom. The smallest absolute Gasteiger partial charge is 0.341 e. The molecule has 6 nitrogen and oxygen atoms in total. The van der Waals surface area contributed by atoms with Gasteiger partial charge in [0.05, 0.1) is 16.7 Å². The fourth-order valence-electron chi connectivity index (χ4n) is 1.70. The molecule has 7 heteroatoms. The predicted molar refractivity (Wildman–Crippen MR) is 71.1 cm³/mol. The normalized spacial score (nSPS) is 11.7. The van der Waals surface area contributed by atoms with Crippen molar-refractivity contribution in [1.29, 1.82) is 0 Å². The standard InChI is InChI=1S/C14H11FN2O4/c1-9(10-2-4-11(5-3-10)17(19)20)21-14(18)12-6-7-16-8-13(12)15/h2-9H,1H3. The Morgan fingerprint density at radius 2 is 2.00 bits per heavy atom. The summed E-state index contributed by atoms with van der Waals surface area (Å²) >= 11 is 0. The fraction of sp³-hybridized carbons (Fsp3) is 0.143. The lowest BCUT2D eigenvalue weighted by Gasteiger charge is -2.13. The molecule has 1 aromatic heterocycles. The van der Waals surface area contributed by atoms with Crippen molar-refractivity contribution in [3.63, 3.8) is 0 Å². The zero-order chi connectivity index (χ0) is 15.4. The summed E-state index contributed by atoms with van der Waals surface area (Å²) in [7, 11) is 0. The average molecular weight is 290 g/mol. The van der Waals surface area contributed by atoms with Crippen molar-refractivity contribution in [2.75, 3.05) is 0 Å². The van der Waals surface area contributed by atoms with Crippen LogP contribution >= 0.6 is 0 Å². The van der Waals surface area contributed by atoms with Crippen molar-refractivity contribution in [2.45, 2.75) is 13.0 Å². The minimum absolute atomic E-state index is 0.0579. The van der Waals surface area contributed by atoms with Crippen LogP contribution in [0.2, 0.25) is 0 Å². The molecule has 1 atom stereocenters. The van der Waals surface area contributed by atoms with Gasteiger partial charge < -0.3 is 4.74 Å². The molecule has 0 saturated heterocycles. The summed E-state index contributed by atoms with van der Waals surface area (Å²) in [6.45, 7) is 1.60. The minimum Gasteiger partial charge on any atom is -0.454 e. The van der Waals surface area contributed by atoms with Crippen LogP contribution in [0.15, 0.2) is 42.7 Å². The molecule has 1 heterocycles. The minimum atomic E-state index is -0.819. The second-order valence-electron chi connectivity index (χ2n) is 4.25. The number of carbonyl (C=O) groups excluding carboxylic acids is 1. The Morgan fingerprint density at radius 3 is 2.57 bits per heavy atom. The Labute approximate surface area is 119 Å². The highest BCUT2D eigenvalue weighted by Crippen LogP contribution is 2.21. The number of carbonyl (C=O) groups is 1. The van der Waals surface area contributed by atoms with E-state index in [0.29, 0.717) is 5.56 Å². The molecule has 0 N–H and O–H groups in total. The summed E-state index contributed by atoms with van der Waals surface area (Å²) in [5.41, 5.74) is 0.305. The molecular formula is C14H11FN2O4. The van der Waals surface area contributed by atoms with Crippen LogP contribution in [0, 0.1) is 15.9 Å². The molecule has 0 saturated carbocycles. The van der Waals surface area contributed by atoms with Crippen molar-refractivity contribution >= 4 is 11.7 Å². The van der Waals surface area contributed by atoms with Gasteiger partial charge in [0.25, 0.3) is 5.69 Å². The molecule has 21 heavy (non-hydrogen) atoms. The molecule has 108 valence electrons. The van der Waals surface area contributed by atoms with Crippen LogP contribution in [0.3, 0.4) is 0 Å². The number of rotatable bonds is 4. The molecule has 2 aromatic rings. The topological polar surface area (TPSA) is 82.3 Å². The fourth-order valence-corrected chi connectivity index (χ4v) is 1.70. The molecule has 0 aliphatic carbocycles. The third-order valence-electron chi connectivity index (χ3n) is 2.85. The number of esters is 1. The maximum atomic E-state index is 13.4. The number of ether oxygens (including phenoxy) is 1. The van der Waals surface area contributed by atoms with E-state index in [1.807, 2.05) is 0 Å². The molecule has 0 radical (unpaired) electrons. The zero-order valence-corrected chi connectivity index (χ0v) is 11.0. The molecule has 0 amide bonds. The van der Waals surface area contributed by atoms with E-state index in [1.54, 1.807) is 6.92 Å². The Bertz CT molecular complexity index is 673. The molecule has 0 bridgehead atoms. The first-order chi connectivity index (χ1) is 9.99. The van der Waals surface area contributed by atoms with Gasteiger partial charge in [-0.2, -0.15) is 0 Å². The maximum Gasteiger partial charge on any atom is 0.341 e. The zero-order valence-electron chi connectivity index (χ0n) is 11.0. The monoisotopic (exact) mass is 290 g/mol. The maximum absolute atomic E-state index is 13.4. The van der Waals surface area contributed by atoms with Gasteiger partial charge in [-0.15, -0.1) is 0 Å². The number of non-ortho nitro benzene ring substituents is 1. The van der Waals surface area contributed by atoms with E-state index in [2.05, 4.69) is 4.98 Å². The van der Waals surface area contributed by atoms with Gasteiger partial charge in [0.2, 0.25) is 0 Å². The third-order valence-corrected chi connectivity index (χ3v) is 2.85. The van der Waals surface area contributed by atoms with Crippen molar-refractivity contribution in [3.05, 3.63) is 69.8 Å². The van der Waals surface area contributed by atoms with Crippen LogP contribution < -0.4 is 0 Å². The van der Waals surface area contributed by atoms with E-state index in [9.17, 15) is 19.3 Å². The van der Waals surface area contributed by atoms with E-state index in [-0.39, 0.29) is 11.3 Å². The summed E-state index contributed by atoms with van der Waals surface area (Å²) in [5, 5.41) is 10.6. The van der Waals surface area contributed by atoms with Crippen LogP contribution in [0.25, 0.3) is 0 Å². The molecular weight excluding hydrogens is 279 g/mol. The number of halogens is 1. The highest BCUT2D eigenvalue weighted by molar-refractivity contribution is 5.89. The summed E-state index contributed by atoms with van der Waals surface area (Å²) < 4.78 is 18.5. The number of pyridine rings is 1. The van der Waals surface area contributed by atoms with Gasteiger partial charge in [0.1, 0.15) is 6.10 Å². The molecule has 2 rings (SSSR count).